The second-order valence-electron chi connectivity index (χ2n) is 6.04. The van der Waals surface area contributed by atoms with Crippen molar-refractivity contribution in [3.05, 3.63) is 0 Å². The van der Waals surface area contributed by atoms with Gasteiger partial charge >= 0.3 is 12.0 Å². The largest absolute Gasteiger partial charge is 0.480 e. The van der Waals surface area contributed by atoms with E-state index in [1.807, 2.05) is 9.80 Å². The molecule has 7 heteroatoms. The molecule has 0 aromatic rings. The lowest BCUT2D eigenvalue weighted by molar-refractivity contribution is -0.145. The quantitative estimate of drug-likeness (QED) is 0.822. The Morgan fingerprint density at radius 2 is 1.67 bits per heavy atom. The molecule has 3 aliphatic heterocycles. The molecule has 0 radical (unpaired) electrons. The highest BCUT2D eigenvalue weighted by Gasteiger charge is 2.37. The minimum Gasteiger partial charge on any atom is -0.480 e. The fourth-order valence-electron chi connectivity index (χ4n) is 3.37. The molecule has 118 valence electrons. The average Bonchev–Trinajstić information content (AvgIpc) is 2.83. The Bertz CT molecular complexity index is 396. The number of carbonyl (C=O) groups excluding carboxylic acids is 1. The van der Waals surface area contributed by atoms with Crippen molar-refractivity contribution in [3.63, 3.8) is 0 Å². The molecule has 3 rings (SSSR count). The molecular formula is C14H22N2O5. The fraction of sp³-hybridized carbons (Fsp3) is 0.857. The molecule has 2 atom stereocenters. The van der Waals surface area contributed by atoms with Crippen molar-refractivity contribution in [2.45, 2.75) is 44.0 Å². The third kappa shape index (κ3) is 3.47. The number of hydrogen-bond acceptors (Lipinski definition) is 4. The summed E-state index contributed by atoms with van der Waals surface area (Å²) >= 11 is 0. The molecule has 0 saturated carbocycles. The zero-order valence-corrected chi connectivity index (χ0v) is 12.1. The maximum Gasteiger partial charge on any atom is 0.329 e. The number of urea groups is 1. The lowest BCUT2D eigenvalue weighted by Gasteiger charge is -2.38. The van der Waals surface area contributed by atoms with Gasteiger partial charge in [0.05, 0.1) is 18.3 Å². The topological polar surface area (TPSA) is 79.3 Å². The van der Waals surface area contributed by atoms with Crippen molar-refractivity contribution in [1.29, 1.82) is 0 Å². The van der Waals surface area contributed by atoms with E-state index in [0.717, 1.165) is 12.8 Å². The molecule has 3 fully saturated rings. The predicted octanol–water partition coefficient (Wildman–Crippen LogP) is 0.535. The van der Waals surface area contributed by atoms with Crippen molar-refractivity contribution in [3.8, 4) is 0 Å². The average molecular weight is 298 g/mol. The van der Waals surface area contributed by atoms with Gasteiger partial charge in [-0.25, -0.2) is 9.59 Å². The minimum absolute atomic E-state index is 0.0500. The molecule has 1 N–H and O–H groups in total. The van der Waals surface area contributed by atoms with Crippen LogP contribution in [0, 0.1) is 0 Å². The summed E-state index contributed by atoms with van der Waals surface area (Å²) in [7, 11) is 0. The maximum atomic E-state index is 12.5. The van der Waals surface area contributed by atoms with Gasteiger partial charge in [0.1, 0.15) is 6.61 Å². The van der Waals surface area contributed by atoms with Gasteiger partial charge in [-0.1, -0.05) is 0 Å². The summed E-state index contributed by atoms with van der Waals surface area (Å²) in [5.74, 6) is -0.947. The van der Waals surface area contributed by atoms with E-state index in [2.05, 4.69) is 0 Å². The summed E-state index contributed by atoms with van der Waals surface area (Å²) in [6.07, 6.45) is 3.89. The normalized spacial score (nSPS) is 29.7. The molecule has 0 spiro atoms. The first-order valence-corrected chi connectivity index (χ1v) is 7.64. The fourth-order valence-corrected chi connectivity index (χ4v) is 3.37. The van der Waals surface area contributed by atoms with Gasteiger partial charge in [-0.15, -0.1) is 0 Å². The first kappa shape index (κ1) is 14.6. The van der Waals surface area contributed by atoms with Crippen LogP contribution in [-0.4, -0.2) is 78.0 Å². The van der Waals surface area contributed by atoms with Crippen LogP contribution >= 0.6 is 0 Å². The summed E-state index contributed by atoms with van der Waals surface area (Å²) < 4.78 is 11.0. The molecule has 2 unspecified atom stereocenters. The number of hydrogen-bond donors (Lipinski definition) is 1. The second kappa shape index (κ2) is 6.19. The zero-order chi connectivity index (χ0) is 14.8. The number of amides is 2. The number of rotatable bonds is 3. The van der Waals surface area contributed by atoms with E-state index in [0.29, 0.717) is 39.0 Å². The van der Waals surface area contributed by atoms with Crippen LogP contribution in [0.5, 0.6) is 0 Å². The molecule has 0 aliphatic carbocycles. The molecule has 3 aliphatic rings. The Labute approximate surface area is 123 Å². The van der Waals surface area contributed by atoms with Crippen LogP contribution in [0.2, 0.25) is 0 Å². The monoisotopic (exact) mass is 298 g/mol. The molecule has 3 heterocycles. The van der Waals surface area contributed by atoms with Crippen molar-refractivity contribution in [2.75, 3.05) is 32.8 Å². The second-order valence-corrected chi connectivity index (χ2v) is 6.04. The number of ether oxygens (including phenoxy) is 2. The summed E-state index contributed by atoms with van der Waals surface area (Å²) in [6.45, 7) is 2.41. The Morgan fingerprint density at radius 3 is 2.24 bits per heavy atom. The summed E-state index contributed by atoms with van der Waals surface area (Å²) in [5.41, 5.74) is 0. The van der Waals surface area contributed by atoms with Gasteiger partial charge in [-0.2, -0.15) is 0 Å². The number of carbonyl (C=O) groups is 2. The molecule has 2 amide bonds. The van der Waals surface area contributed by atoms with Gasteiger partial charge in [0, 0.05) is 26.2 Å². The highest BCUT2D eigenvalue weighted by molar-refractivity contribution is 5.74. The lowest BCUT2D eigenvalue weighted by atomic mass is 10.1. The van der Waals surface area contributed by atoms with Crippen LogP contribution in [-0.2, 0) is 14.3 Å². The van der Waals surface area contributed by atoms with Crippen molar-refractivity contribution >= 4 is 12.0 Å². The first-order chi connectivity index (χ1) is 10.1. The number of carboxylic acid groups (broad SMARTS) is 1. The Morgan fingerprint density at radius 1 is 1.05 bits per heavy atom. The van der Waals surface area contributed by atoms with Gasteiger partial charge < -0.3 is 24.4 Å². The van der Waals surface area contributed by atoms with Crippen LogP contribution in [0.3, 0.4) is 0 Å². The van der Waals surface area contributed by atoms with Gasteiger partial charge in [0.2, 0.25) is 0 Å². The lowest BCUT2D eigenvalue weighted by Crippen LogP contribution is -2.53. The van der Waals surface area contributed by atoms with Crippen molar-refractivity contribution < 1.29 is 24.2 Å². The van der Waals surface area contributed by atoms with Gasteiger partial charge in [-0.05, 0) is 25.7 Å². The third-order valence-electron chi connectivity index (χ3n) is 4.47. The Balaban J connectivity index is 1.45. The summed E-state index contributed by atoms with van der Waals surface area (Å²) in [5, 5.41) is 8.60. The number of nitrogens with zero attached hydrogens (tertiary/aromatic N) is 2. The van der Waals surface area contributed by atoms with E-state index in [9.17, 15) is 9.59 Å². The van der Waals surface area contributed by atoms with E-state index < -0.39 is 5.97 Å². The van der Waals surface area contributed by atoms with Crippen LogP contribution in [0.15, 0.2) is 0 Å². The molecule has 21 heavy (non-hydrogen) atoms. The summed E-state index contributed by atoms with van der Waals surface area (Å²) in [6, 6.07) is 0.0897. The van der Waals surface area contributed by atoms with Crippen LogP contribution in [0.4, 0.5) is 4.79 Å². The molecule has 7 nitrogen and oxygen atoms in total. The van der Waals surface area contributed by atoms with E-state index in [1.165, 1.54) is 0 Å². The SMILES string of the molecule is O=C(O)COC1CCN(C(=O)N2CC3CCC(C2)O3)CC1. The summed E-state index contributed by atoms with van der Waals surface area (Å²) in [4.78, 5) is 26.7. The number of aliphatic carboxylic acids is 1. The van der Waals surface area contributed by atoms with Crippen molar-refractivity contribution in [2.24, 2.45) is 0 Å². The van der Waals surface area contributed by atoms with Crippen LogP contribution in [0.1, 0.15) is 25.7 Å². The number of carboxylic acids is 1. The van der Waals surface area contributed by atoms with Crippen LogP contribution < -0.4 is 0 Å². The van der Waals surface area contributed by atoms with E-state index >= 15 is 0 Å². The molecule has 0 aromatic heterocycles. The number of morpholine rings is 1. The Hall–Kier alpha value is -1.34. The standard InChI is InChI=1S/C14H22N2O5/c17-13(18)9-20-10-3-5-15(6-4-10)14(19)16-7-11-1-2-12(8-16)21-11/h10-12H,1-9H2,(H,17,18). The van der Waals surface area contributed by atoms with Crippen molar-refractivity contribution in [1.82, 2.24) is 9.80 Å². The number of piperidine rings is 1. The minimum atomic E-state index is -0.947. The Kier molecular flexibility index (Phi) is 4.30. The highest BCUT2D eigenvalue weighted by atomic mass is 16.5. The van der Waals surface area contributed by atoms with E-state index in [4.69, 9.17) is 14.6 Å². The van der Waals surface area contributed by atoms with E-state index in [-0.39, 0.29) is 30.9 Å². The van der Waals surface area contributed by atoms with E-state index in [1.54, 1.807) is 0 Å². The van der Waals surface area contributed by atoms with Gasteiger partial charge in [-0.3, -0.25) is 0 Å². The zero-order valence-electron chi connectivity index (χ0n) is 12.1. The van der Waals surface area contributed by atoms with Gasteiger partial charge in [0.25, 0.3) is 0 Å². The third-order valence-corrected chi connectivity index (χ3v) is 4.47. The smallest absolute Gasteiger partial charge is 0.329 e. The maximum absolute atomic E-state index is 12.5. The molecule has 2 bridgehead atoms. The molecule has 0 aromatic carbocycles. The number of likely N-dealkylation sites (tertiary alicyclic amines) is 2. The molecular weight excluding hydrogens is 276 g/mol. The number of fused-ring (bicyclic) bond motifs is 2. The van der Waals surface area contributed by atoms with Gasteiger partial charge in [0.15, 0.2) is 0 Å². The predicted molar refractivity (Wildman–Crippen MR) is 73.0 cm³/mol. The molecule has 3 saturated heterocycles. The first-order valence-electron chi connectivity index (χ1n) is 7.64. The highest BCUT2D eigenvalue weighted by Crippen LogP contribution is 2.27. The van der Waals surface area contributed by atoms with Crippen LogP contribution in [0.25, 0.3) is 0 Å².